The van der Waals surface area contributed by atoms with E-state index in [9.17, 15) is 23.1 Å². The second-order valence-corrected chi connectivity index (χ2v) is 8.58. The molecule has 1 aliphatic heterocycles. The van der Waals surface area contributed by atoms with Crippen LogP contribution in [-0.2, 0) is 23.8 Å². The van der Waals surface area contributed by atoms with Crippen LogP contribution in [0, 0.1) is 5.92 Å². The van der Waals surface area contributed by atoms with Crippen molar-refractivity contribution in [1.29, 1.82) is 0 Å². The van der Waals surface area contributed by atoms with Gasteiger partial charge < -0.3 is 5.11 Å². The van der Waals surface area contributed by atoms with Crippen LogP contribution in [0.1, 0.15) is 28.7 Å². The van der Waals surface area contributed by atoms with Gasteiger partial charge in [-0.05, 0) is 77.7 Å². The number of benzene rings is 2. The molecule has 3 nitrogen and oxygen atoms in total. The van der Waals surface area contributed by atoms with Gasteiger partial charge in [-0.25, -0.2) is 4.31 Å². The molecule has 1 N–H and O–H groups in total. The molecule has 4 rings (SSSR count). The summed E-state index contributed by atoms with van der Waals surface area (Å²) in [4.78, 5) is 12.3. The van der Waals surface area contributed by atoms with E-state index < -0.39 is 17.7 Å². The summed E-state index contributed by atoms with van der Waals surface area (Å²) in [7, 11) is 0. The lowest BCUT2D eigenvalue weighted by Gasteiger charge is -2.25. The Morgan fingerprint density at radius 1 is 1.07 bits per heavy atom. The number of hydrogen-bond donors (Lipinski definition) is 1. The first kappa shape index (κ1) is 20.0. The monoisotopic (exact) mass is 419 g/mol. The van der Waals surface area contributed by atoms with Crippen LogP contribution in [0.2, 0.25) is 0 Å². The average molecular weight is 419 g/mol. The highest BCUT2D eigenvalue weighted by Crippen LogP contribution is 2.35. The van der Waals surface area contributed by atoms with E-state index in [1.54, 1.807) is 11.9 Å². The van der Waals surface area contributed by atoms with Crippen LogP contribution >= 0.6 is 11.9 Å². The summed E-state index contributed by atoms with van der Waals surface area (Å²) in [5, 5.41) is 9.21. The zero-order valence-corrected chi connectivity index (χ0v) is 16.4. The third kappa shape index (κ3) is 4.51. The van der Waals surface area contributed by atoms with Gasteiger partial charge in [0.25, 0.3) is 0 Å². The number of rotatable bonds is 4. The lowest BCUT2D eigenvalue weighted by Crippen LogP contribution is -2.21. The van der Waals surface area contributed by atoms with E-state index >= 15 is 0 Å². The van der Waals surface area contributed by atoms with E-state index in [1.807, 2.05) is 12.1 Å². The molecule has 2 aromatic rings. The van der Waals surface area contributed by atoms with Gasteiger partial charge in [-0.1, -0.05) is 24.3 Å². The minimum absolute atomic E-state index is 0.325. The van der Waals surface area contributed by atoms with Gasteiger partial charge in [0.1, 0.15) is 0 Å². The molecule has 0 aromatic heterocycles. The van der Waals surface area contributed by atoms with Crippen molar-refractivity contribution in [2.24, 2.45) is 5.92 Å². The fraction of sp³-hybridized carbons (Fsp3) is 0.318. The summed E-state index contributed by atoms with van der Waals surface area (Å²) in [6.07, 6.45) is -0.305. The minimum atomic E-state index is -4.31. The highest BCUT2D eigenvalue weighted by Gasteiger charge is 2.30. The smallest absolute Gasteiger partial charge is 0.416 e. The molecule has 0 amide bonds. The molecule has 0 radical (unpaired) electrons. The molecule has 0 saturated carbocycles. The molecule has 2 aromatic carbocycles. The second kappa shape index (κ2) is 7.88. The normalized spacial score (nSPS) is 19.7. The fourth-order valence-electron chi connectivity index (χ4n) is 3.84. The SMILES string of the molecule is O=C(O)C1Cc2ccc(SN3CC=C(c4ccc(C(F)(F)F)cc4)CC3)cc2C1. The number of alkyl halides is 3. The predicted molar refractivity (Wildman–Crippen MR) is 106 cm³/mol. The Balaban J connectivity index is 1.38. The first-order valence-corrected chi connectivity index (χ1v) is 10.2. The number of carbonyl (C=O) groups is 1. The van der Waals surface area contributed by atoms with Crippen LogP contribution < -0.4 is 0 Å². The minimum Gasteiger partial charge on any atom is -0.481 e. The molecular weight excluding hydrogens is 399 g/mol. The predicted octanol–water partition coefficient (Wildman–Crippen LogP) is 5.30. The van der Waals surface area contributed by atoms with E-state index in [2.05, 4.69) is 16.4 Å². The van der Waals surface area contributed by atoms with Gasteiger partial charge in [0.05, 0.1) is 11.5 Å². The van der Waals surface area contributed by atoms with E-state index in [-0.39, 0.29) is 5.92 Å². The zero-order chi connectivity index (χ0) is 20.6. The number of hydrogen-bond acceptors (Lipinski definition) is 3. The average Bonchev–Trinajstić information content (AvgIpc) is 3.12. The van der Waals surface area contributed by atoms with Crippen molar-refractivity contribution >= 4 is 23.5 Å². The topological polar surface area (TPSA) is 40.5 Å². The van der Waals surface area contributed by atoms with Gasteiger partial charge in [0, 0.05) is 18.0 Å². The van der Waals surface area contributed by atoms with Crippen molar-refractivity contribution in [3.63, 3.8) is 0 Å². The Morgan fingerprint density at radius 2 is 1.79 bits per heavy atom. The summed E-state index contributed by atoms with van der Waals surface area (Å²) in [6.45, 7) is 1.50. The van der Waals surface area contributed by atoms with Crippen molar-refractivity contribution in [3.8, 4) is 0 Å². The quantitative estimate of drug-likeness (QED) is 0.683. The molecular formula is C22H20F3NO2S. The number of carboxylic acids is 1. The van der Waals surface area contributed by atoms with Gasteiger partial charge in [0.15, 0.2) is 0 Å². The molecule has 1 unspecified atom stereocenters. The molecule has 2 aliphatic rings. The Morgan fingerprint density at radius 3 is 2.41 bits per heavy atom. The molecule has 0 spiro atoms. The second-order valence-electron chi connectivity index (χ2n) is 7.41. The fourth-order valence-corrected chi connectivity index (χ4v) is 4.80. The van der Waals surface area contributed by atoms with E-state index in [0.29, 0.717) is 19.4 Å². The standard InChI is InChI=1S/C22H20F3NO2S/c23-22(24,25)19-4-1-14(2-5-19)15-7-9-26(10-8-15)29-20-6-3-16-11-18(21(27)28)12-17(16)13-20/h1-7,13,18H,8-12H2,(H,27,28). The van der Waals surface area contributed by atoms with Crippen LogP contribution in [0.5, 0.6) is 0 Å². The first-order valence-electron chi connectivity index (χ1n) is 9.44. The molecule has 152 valence electrons. The summed E-state index contributed by atoms with van der Waals surface area (Å²) < 4.78 is 40.3. The third-order valence-electron chi connectivity index (χ3n) is 5.45. The number of nitrogens with zero attached hydrogens (tertiary/aromatic N) is 1. The number of carboxylic acid groups (broad SMARTS) is 1. The highest BCUT2D eigenvalue weighted by atomic mass is 32.2. The molecule has 0 fully saturated rings. The Bertz CT molecular complexity index is 954. The molecule has 1 aliphatic carbocycles. The van der Waals surface area contributed by atoms with Crippen LogP contribution in [0.15, 0.2) is 53.4 Å². The Labute approximate surface area is 171 Å². The van der Waals surface area contributed by atoms with Gasteiger partial charge in [-0.3, -0.25) is 4.79 Å². The van der Waals surface area contributed by atoms with Crippen LogP contribution in [0.3, 0.4) is 0 Å². The van der Waals surface area contributed by atoms with Gasteiger partial charge in [0.2, 0.25) is 0 Å². The maximum absolute atomic E-state index is 12.7. The van der Waals surface area contributed by atoms with Crippen molar-refractivity contribution in [1.82, 2.24) is 4.31 Å². The molecule has 1 heterocycles. The van der Waals surface area contributed by atoms with Crippen molar-refractivity contribution in [2.75, 3.05) is 13.1 Å². The Kier molecular flexibility index (Phi) is 5.44. The third-order valence-corrected chi connectivity index (χ3v) is 6.50. The maximum atomic E-state index is 12.7. The summed E-state index contributed by atoms with van der Waals surface area (Å²) >= 11 is 1.64. The summed E-state index contributed by atoms with van der Waals surface area (Å²) in [6, 6.07) is 11.5. The molecule has 7 heteroatoms. The number of aliphatic carboxylic acids is 1. The lowest BCUT2D eigenvalue weighted by molar-refractivity contribution is -0.141. The van der Waals surface area contributed by atoms with E-state index in [4.69, 9.17) is 0 Å². The van der Waals surface area contributed by atoms with E-state index in [0.717, 1.165) is 52.3 Å². The molecule has 0 saturated heterocycles. The Hall–Kier alpha value is -2.25. The maximum Gasteiger partial charge on any atom is 0.416 e. The molecule has 0 bridgehead atoms. The van der Waals surface area contributed by atoms with Gasteiger partial charge in [-0.15, -0.1) is 0 Å². The van der Waals surface area contributed by atoms with Crippen molar-refractivity contribution < 1.29 is 23.1 Å². The van der Waals surface area contributed by atoms with Gasteiger partial charge >= 0.3 is 12.1 Å². The molecule has 1 atom stereocenters. The zero-order valence-electron chi connectivity index (χ0n) is 15.6. The largest absolute Gasteiger partial charge is 0.481 e. The van der Waals surface area contributed by atoms with Crippen molar-refractivity contribution in [2.45, 2.75) is 30.3 Å². The summed E-state index contributed by atoms with van der Waals surface area (Å²) in [5.41, 5.74) is 3.50. The van der Waals surface area contributed by atoms with Crippen molar-refractivity contribution in [3.05, 3.63) is 70.8 Å². The van der Waals surface area contributed by atoms with Crippen LogP contribution in [0.4, 0.5) is 13.2 Å². The molecule has 29 heavy (non-hydrogen) atoms. The van der Waals surface area contributed by atoms with Gasteiger partial charge in [-0.2, -0.15) is 13.2 Å². The highest BCUT2D eigenvalue weighted by molar-refractivity contribution is 7.97. The summed E-state index contributed by atoms with van der Waals surface area (Å²) in [5.74, 6) is -1.07. The first-order chi connectivity index (χ1) is 13.8. The van der Waals surface area contributed by atoms with E-state index in [1.165, 1.54) is 12.1 Å². The van der Waals surface area contributed by atoms with Crippen LogP contribution in [-0.4, -0.2) is 28.5 Å². The lowest BCUT2D eigenvalue weighted by atomic mass is 9.99. The number of fused-ring (bicyclic) bond motifs is 1. The van der Waals surface area contributed by atoms with Crippen LogP contribution in [0.25, 0.3) is 5.57 Å². The number of halogens is 3.